The summed E-state index contributed by atoms with van der Waals surface area (Å²) in [5.74, 6) is -42.5. The van der Waals surface area contributed by atoms with E-state index in [9.17, 15) is 79.8 Å². The summed E-state index contributed by atoms with van der Waals surface area (Å²) in [6, 6.07) is 0. The molecule has 0 atom stereocenters. The fourth-order valence-corrected chi connectivity index (χ4v) is 2.67. The summed E-state index contributed by atoms with van der Waals surface area (Å²) >= 11 is 0.493. The van der Waals surface area contributed by atoms with Crippen LogP contribution in [0.2, 0.25) is 0 Å². The molecule has 0 fully saturated rings. The van der Waals surface area contributed by atoms with E-state index in [0.717, 1.165) is 0 Å². The zero-order valence-electron chi connectivity index (χ0n) is 17.5. The maximum atomic E-state index is 13.2. The molecule has 4 nitrogen and oxygen atoms in total. The van der Waals surface area contributed by atoms with E-state index >= 15 is 0 Å². The highest BCUT2D eigenvalue weighted by Crippen LogP contribution is 2.49. The van der Waals surface area contributed by atoms with Gasteiger partial charge in [-0.3, -0.25) is 9.59 Å². The van der Waals surface area contributed by atoms with Gasteiger partial charge in [-0.2, -0.15) is 64.4 Å². The lowest BCUT2D eigenvalue weighted by atomic mass is 10.1. The van der Waals surface area contributed by atoms with Crippen molar-refractivity contribution in [2.45, 2.75) is 61.2 Å². The first-order chi connectivity index (χ1) is 16.4. The van der Waals surface area contributed by atoms with Crippen molar-refractivity contribution in [3.63, 3.8) is 0 Å². The summed E-state index contributed by atoms with van der Waals surface area (Å²) in [7, 11) is 0. The van der Waals surface area contributed by atoms with E-state index in [2.05, 4.69) is 9.47 Å². The smallest absolute Gasteiger partial charge is 0.381 e. The summed E-state index contributed by atoms with van der Waals surface area (Å²) in [5, 5.41) is 0. The first-order valence-electron chi connectivity index (χ1n) is 9.10. The first-order valence-corrected chi connectivity index (χ1v) is 10.3. The lowest BCUT2D eigenvalue weighted by molar-refractivity contribution is -0.344. The van der Waals surface area contributed by atoms with Crippen LogP contribution in [0.5, 0.6) is 0 Å². The summed E-state index contributed by atoms with van der Waals surface area (Å²) in [6.45, 7) is -5.44. The Morgan fingerprint density at radius 1 is 0.568 bits per heavy atom. The Balaban J connectivity index is 4.52. The number of hydrogen-bond acceptors (Lipinski definition) is 5. The van der Waals surface area contributed by atoms with Gasteiger partial charge < -0.3 is 9.47 Å². The number of carbonyl (C=O) groups is 2. The second kappa shape index (κ2) is 12.4. The molecular formula is C16H14F16O4S. The Morgan fingerprint density at radius 2 is 0.838 bits per heavy atom. The minimum absolute atomic E-state index is 0.493. The van der Waals surface area contributed by atoms with Crippen molar-refractivity contribution in [3.05, 3.63) is 0 Å². The molecule has 0 saturated carbocycles. The second-order valence-electron chi connectivity index (χ2n) is 6.84. The van der Waals surface area contributed by atoms with Crippen molar-refractivity contribution >= 4 is 23.7 Å². The number of alkyl halides is 16. The van der Waals surface area contributed by atoms with E-state index in [0.29, 0.717) is 11.8 Å². The summed E-state index contributed by atoms with van der Waals surface area (Å²) in [5.41, 5.74) is 0. The number of hydrogen-bond donors (Lipinski definition) is 0. The molecule has 0 aliphatic carbocycles. The fourth-order valence-electron chi connectivity index (χ4n) is 1.84. The van der Waals surface area contributed by atoms with E-state index < -0.39 is 97.9 Å². The number of esters is 2. The molecule has 0 heterocycles. The van der Waals surface area contributed by atoms with Gasteiger partial charge in [0.1, 0.15) is 0 Å². The average Bonchev–Trinajstić information content (AvgIpc) is 2.75. The van der Waals surface area contributed by atoms with Crippen LogP contribution >= 0.6 is 11.8 Å². The van der Waals surface area contributed by atoms with Crippen molar-refractivity contribution in [2.24, 2.45) is 0 Å². The van der Waals surface area contributed by atoms with Gasteiger partial charge in [-0.25, -0.2) is 17.6 Å². The highest BCUT2D eigenvalue weighted by Gasteiger charge is 2.76. The molecule has 0 aliphatic heterocycles. The van der Waals surface area contributed by atoms with Gasteiger partial charge >= 0.3 is 60.3 Å². The van der Waals surface area contributed by atoms with Crippen molar-refractivity contribution in [3.8, 4) is 0 Å². The molecule has 220 valence electrons. The Kier molecular flexibility index (Phi) is 11.7. The average molecular weight is 606 g/mol. The van der Waals surface area contributed by atoms with Crippen LogP contribution < -0.4 is 0 Å². The minimum atomic E-state index is -6.61. The normalized spacial score (nSPS) is 14.3. The molecule has 0 N–H and O–H groups in total. The maximum Gasteiger partial charge on any atom is 0.381 e. The molecule has 0 aromatic rings. The van der Waals surface area contributed by atoms with E-state index in [-0.39, 0.29) is 0 Å². The predicted octanol–water partition coefficient (Wildman–Crippen LogP) is 5.93. The largest absolute Gasteiger partial charge is 0.459 e. The Labute approximate surface area is 200 Å². The van der Waals surface area contributed by atoms with Crippen LogP contribution in [0.15, 0.2) is 0 Å². The van der Waals surface area contributed by atoms with E-state index in [1.54, 1.807) is 0 Å². The molecule has 0 spiro atoms. The first kappa shape index (κ1) is 35.2. The van der Waals surface area contributed by atoms with Crippen molar-refractivity contribution in [1.29, 1.82) is 0 Å². The van der Waals surface area contributed by atoms with Crippen LogP contribution in [0, 0.1) is 0 Å². The zero-order valence-corrected chi connectivity index (χ0v) is 18.3. The van der Waals surface area contributed by atoms with Crippen LogP contribution in [0.4, 0.5) is 70.2 Å². The zero-order chi connectivity index (χ0) is 29.7. The van der Waals surface area contributed by atoms with Gasteiger partial charge in [-0.1, -0.05) is 0 Å². The standard InChI is InChI=1S/C16H14F16O4S/c17-9(18)13(25,26)15(29,30)11(21,22)5-35-7(33)1-3-37-4-2-8(34)36-6-12(23,24)16(31,32)14(27,28)10(19)20/h9-10H,1-6H2. The lowest BCUT2D eigenvalue weighted by Crippen LogP contribution is -2.59. The highest BCUT2D eigenvalue weighted by atomic mass is 32.2. The SMILES string of the molecule is O=C(CCSCCC(=O)OCC(F)(F)C(F)(F)C(F)(F)C(F)F)OCC(F)(F)C(F)(F)C(F)(F)C(F)F. The van der Waals surface area contributed by atoms with Crippen molar-refractivity contribution in [2.75, 3.05) is 24.7 Å². The third kappa shape index (κ3) is 8.08. The number of thioether (sulfide) groups is 1. The molecule has 0 aliphatic rings. The molecule has 21 heteroatoms. The Hall–Kier alpha value is -1.83. The van der Waals surface area contributed by atoms with Gasteiger partial charge in [-0.15, -0.1) is 0 Å². The topological polar surface area (TPSA) is 52.6 Å². The molecule has 0 amide bonds. The number of ether oxygens (including phenoxy) is 2. The van der Waals surface area contributed by atoms with Gasteiger partial charge in [-0.05, 0) is 0 Å². The Morgan fingerprint density at radius 3 is 1.08 bits per heavy atom. The second-order valence-corrected chi connectivity index (χ2v) is 8.06. The molecule has 0 rings (SSSR count). The molecule has 0 aromatic heterocycles. The van der Waals surface area contributed by atoms with Crippen molar-refractivity contribution < 1.29 is 89.3 Å². The van der Waals surface area contributed by atoms with Gasteiger partial charge in [0.15, 0.2) is 13.2 Å². The number of rotatable bonds is 16. The number of halogens is 16. The third-order valence-corrected chi connectivity index (χ3v) is 5.02. The summed E-state index contributed by atoms with van der Waals surface area (Å²) in [4.78, 5) is 22.4. The van der Waals surface area contributed by atoms with Crippen molar-refractivity contribution in [1.82, 2.24) is 0 Å². The molecule has 0 bridgehead atoms. The number of carbonyl (C=O) groups excluding carboxylic acids is 2. The van der Waals surface area contributed by atoms with E-state index in [1.165, 1.54) is 0 Å². The van der Waals surface area contributed by atoms with Crippen LogP contribution in [0.25, 0.3) is 0 Å². The molecule has 0 unspecified atom stereocenters. The highest BCUT2D eigenvalue weighted by molar-refractivity contribution is 7.99. The maximum absolute atomic E-state index is 13.2. The van der Waals surface area contributed by atoms with Gasteiger partial charge in [0.05, 0.1) is 12.8 Å². The van der Waals surface area contributed by atoms with Crippen LogP contribution in [-0.2, 0) is 19.1 Å². The minimum Gasteiger partial charge on any atom is -0.459 e. The fraction of sp³-hybridized carbons (Fsp3) is 0.875. The molecule has 0 radical (unpaired) electrons. The van der Waals surface area contributed by atoms with E-state index in [4.69, 9.17) is 0 Å². The lowest BCUT2D eigenvalue weighted by Gasteiger charge is -2.31. The third-order valence-electron chi connectivity index (χ3n) is 4.03. The Bertz CT molecular complexity index is 712. The predicted molar refractivity (Wildman–Crippen MR) is 90.2 cm³/mol. The molecule has 37 heavy (non-hydrogen) atoms. The van der Waals surface area contributed by atoms with Crippen LogP contribution in [0.1, 0.15) is 12.8 Å². The molecule has 0 aromatic carbocycles. The molecule has 0 saturated heterocycles. The van der Waals surface area contributed by atoms with Crippen LogP contribution in [-0.4, -0.2) is 85.0 Å². The quantitative estimate of drug-likeness (QED) is 0.124. The van der Waals surface area contributed by atoms with E-state index in [1.807, 2.05) is 0 Å². The molecular weight excluding hydrogens is 592 g/mol. The summed E-state index contributed by atoms with van der Waals surface area (Å²) < 4.78 is 211. The summed E-state index contributed by atoms with van der Waals surface area (Å²) in [6.07, 6.45) is -12.2. The van der Waals surface area contributed by atoms with Gasteiger partial charge in [0.25, 0.3) is 0 Å². The van der Waals surface area contributed by atoms with Gasteiger partial charge in [0, 0.05) is 11.5 Å². The van der Waals surface area contributed by atoms with Crippen LogP contribution in [0.3, 0.4) is 0 Å². The van der Waals surface area contributed by atoms with Gasteiger partial charge in [0.2, 0.25) is 0 Å². The monoisotopic (exact) mass is 606 g/mol.